The van der Waals surface area contributed by atoms with Gasteiger partial charge >= 0.3 is 0 Å². The van der Waals surface area contributed by atoms with E-state index in [-0.39, 0.29) is 17.9 Å². The van der Waals surface area contributed by atoms with Gasteiger partial charge in [-0.05, 0) is 24.0 Å². The number of hydrogen-bond donors (Lipinski definition) is 1. The lowest BCUT2D eigenvalue weighted by atomic mass is 9.89. The van der Waals surface area contributed by atoms with E-state index in [2.05, 4.69) is 70.9 Å². The van der Waals surface area contributed by atoms with Crippen LogP contribution in [0.5, 0.6) is 0 Å². The number of nitrogens with zero attached hydrogens (tertiary/aromatic N) is 1. The van der Waals surface area contributed by atoms with Gasteiger partial charge in [-0.1, -0.05) is 79.9 Å². The molecule has 3 nitrogen and oxygen atoms in total. The van der Waals surface area contributed by atoms with Crippen LogP contribution in [-0.2, 0) is 4.79 Å². The van der Waals surface area contributed by atoms with Crippen LogP contribution >= 0.6 is 0 Å². The zero-order chi connectivity index (χ0) is 17.8. The molecule has 1 aliphatic carbocycles. The van der Waals surface area contributed by atoms with Gasteiger partial charge in [-0.3, -0.25) is 9.69 Å². The van der Waals surface area contributed by atoms with Gasteiger partial charge in [0.05, 0.1) is 12.0 Å². The van der Waals surface area contributed by atoms with Crippen LogP contribution in [0, 0.1) is 5.92 Å². The van der Waals surface area contributed by atoms with Crippen molar-refractivity contribution in [3.8, 4) is 0 Å². The maximum Gasteiger partial charge on any atom is 0.225 e. The number of benzene rings is 2. The molecule has 1 heterocycles. The number of amides is 1. The Morgan fingerprint density at radius 1 is 0.846 bits per heavy atom. The predicted octanol–water partition coefficient (Wildman–Crippen LogP) is 4.16. The van der Waals surface area contributed by atoms with Crippen LogP contribution in [0.4, 0.5) is 0 Å². The second-order valence-electron chi connectivity index (χ2n) is 7.72. The lowest BCUT2D eigenvalue weighted by molar-refractivity contribution is -0.132. The Labute approximate surface area is 156 Å². The summed E-state index contributed by atoms with van der Waals surface area (Å²) in [5.74, 6) is 0.389. The van der Waals surface area contributed by atoms with Gasteiger partial charge in [-0.25, -0.2) is 0 Å². The minimum Gasteiger partial charge on any atom is -0.353 e. The fourth-order valence-electron chi connectivity index (χ4n) is 4.34. The van der Waals surface area contributed by atoms with Crippen molar-refractivity contribution in [2.45, 2.75) is 44.2 Å². The molecule has 0 atom stereocenters. The van der Waals surface area contributed by atoms with Crippen molar-refractivity contribution < 1.29 is 4.79 Å². The van der Waals surface area contributed by atoms with Crippen molar-refractivity contribution in [2.75, 3.05) is 13.1 Å². The number of rotatable bonds is 5. The summed E-state index contributed by atoms with van der Waals surface area (Å²) in [7, 11) is 0. The number of likely N-dealkylation sites (tertiary alicyclic amines) is 1. The molecule has 2 aromatic rings. The van der Waals surface area contributed by atoms with Gasteiger partial charge in [-0.15, -0.1) is 0 Å². The van der Waals surface area contributed by atoms with Crippen molar-refractivity contribution in [2.24, 2.45) is 5.92 Å². The third-order valence-electron chi connectivity index (χ3n) is 5.83. The van der Waals surface area contributed by atoms with Crippen LogP contribution in [0.3, 0.4) is 0 Å². The molecule has 4 rings (SSSR count). The second-order valence-corrected chi connectivity index (χ2v) is 7.72. The molecule has 0 radical (unpaired) electrons. The molecule has 1 saturated carbocycles. The van der Waals surface area contributed by atoms with E-state index in [4.69, 9.17) is 0 Å². The Hall–Kier alpha value is -2.13. The van der Waals surface area contributed by atoms with Crippen LogP contribution in [0.15, 0.2) is 60.7 Å². The molecule has 136 valence electrons. The highest BCUT2D eigenvalue weighted by atomic mass is 16.2. The molecular formula is C23H28N2O. The fraction of sp³-hybridized carbons (Fsp3) is 0.435. The molecule has 2 aromatic carbocycles. The summed E-state index contributed by atoms with van der Waals surface area (Å²) < 4.78 is 0. The van der Waals surface area contributed by atoms with Gasteiger partial charge < -0.3 is 5.32 Å². The quantitative estimate of drug-likeness (QED) is 0.880. The summed E-state index contributed by atoms with van der Waals surface area (Å²) >= 11 is 0. The molecule has 0 bridgehead atoms. The average Bonchev–Trinajstić information content (AvgIpc) is 2.66. The summed E-state index contributed by atoms with van der Waals surface area (Å²) in [6, 6.07) is 21.9. The molecule has 0 spiro atoms. The lowest BCUT2D eigenvalue weighted by Gasteiger charge is -2.44. The Morgan fingerprint density at radius 3 is 1.92 bits per heavy atom. The molecule has 1 N–H and O–H groups in total. The Bertz CT molecular complexity index is 664. The summed E-state index contributed by atoms with van der Waals surface area (Å²) in [6.45, 7) is 1.68. The zero-order valence-corrected chi connectivity index (χ0v) is 15.3. The highest BCUT2D eigenvalue weighted by Gasteiger charge is 2.38. The Kier molecular flexibility index (Phi) is 5.35. The van der Waals surface area contributed by atoms with Crippen molar-refractivity contribution >= 4 is 5.91 Å². The van der Waals surface area contributed by atoms with E-state index in [0.29, 0.717) is 6.04 Å². The third kappa shape index (κ3) is 3.83. The maximum atomic E-state index is 12.6. The van der Waals surface area contributed by atoms with E-state index in [1.54, 1.807) is 0 Å². The van der Waals surface area contributed by atoms with Crippen molar-refractivity contribution in [1.29, 1.82) is 0 Å². The standard InChI is InChI=1S/C23H28N2O/c26-23(24-21-14-8-3-9-15-21)20-16-25(17-20)22(18-10-4-1-5-11-18)19-12-6-2-7-13-19/h1-2,4-7,10-13,20-22H,3,8-9,14-17H2,(H,24,26). The highest BCUT2D eigenvalue weighted by molar-refractivity contribution is 5.80. The first-order valence-corrected chi connectivity index (χ1v) is 9.95. The molecule has 2 fully saturated rings. The first-order chi connectivity index (χ1) is 12.8. The van der Waals surface area contributed by atoms with Crippen molar-refractivity contribution in [1.82, 2.24) is 10.2 Å². The van der Waals surface area contributed by atoms with Gasteiger partial charge in [0.25, 0.3) is 0 Å². The average molecular weight is 348 g/mol. The smallest absolute Gasteiger partial charge is 0.225 e. The molecule has 0 aromatic heterocycles. The predicted molar refractivity (Wildman–Crippen MR) is 105 cm³/mol. The molecule has 3 heteroatoms. The monoisotopic (exact) mass is 348 g/mol. The van der Waals surface area contributed by atoms with Crippen LogP contribution in [0.25, 0.3) is 0 Å². The molecule has 1 aliphatic heterocycles. The third-order valence-corrected chi connectivity index (χ3v) is 5.83. The summed E-state index contributed by atoms with van der Waals surface area (Å²) in [5, 5.41) is 3.29. The maximum absolute atomic E-state index is 12.6. The van der Waals surface area contributed by atoms with E-state index < -0.39 is 0 Å². The Balaban J connectivity index is 1.42. The van der Waals surface area contributed by atoms with Crippen LogP contribution < -0.4 is 5.32 Å². The molecular weight excluding hydrogens is 320 g/mol. The Morgan fingerprint density at radius 2 is 1.38 bits per heavy atom. The number of carbonyl (C=O) groups is 1. The van der Waals surface area contributed by atoms with E-state index in [9.17, 15) is 4.79 Å². The summed E-state index contributed by atoms with van der Waals surface area (Å²) in [6.07, 6.45) is 6.13. The number of nitrogens with one attached hydrogen (secondary N) is 1. The van der Waals surface area contributed by atoms with Crippen molar-refractivity contribution in [3.63, 3.8) is 0 Å². The van der Waals surface area contributed by atoms with E-state index >= 15 is 0 Å². The number of hydrogen-bond acceptors (Lipinski definition) is 2. The van der Waals surface area contributed by atoms with E-state index in [0.717, 1.165) is 25.9 Å². The topological polar surface area (TPSA) is 32.3 Å². The lowest BCUT2D eigenvalue weighted by Crippen LogP contribution is -2.56. The van der Waals surface area contributed by atoms with Gasteiger partial charge in [-0.2, -0.15) is 0 Å². The summed E-state index contributed by atoms with van der Waals surface area (Å²) in [5.41, 5.74) is 2.59. The van der Waals surface area contributed by atoms with Gasteiger partial charge in [0.15, 0.2) is 0 Å². The highest BCUT2D eigenvalue weighted by Crippen LogP contribution is 2.34. The molecule has 26 heavy (non-hydrogen) atoms. The van der Waals surface area contributed by atoms with E-state index in [1.807, 2.05) is 0 Å². The normalized spacial score (nSPS) is 19.3. The molecule has 0 unspecified atom stereocenters. The SMILES string of the molecule is O=C(NC1CCCCC1)C1CN(C(c2ccccc2)c2ccccc2)C1. The van der Waals surface area contributed by atoms with Gasteiger partial charge in [0.2, 0.25) is 5.91 Å². The largest absolute Gasteiger partial charge is 0.353 e. The molecule has 1 saturated heterocycles. The minimum absolute atomic E-state index is 0.131. The van der Waals surface area contributed by atoms with Crippen molar-refractivity contribution in [3.05, 3.63) is 71.8 Å². The van der Waals surface area contributed by atoms with Gasteiger partial charge in [0.1, 0.15) is 0 Å². The fourth-order valence-corrected chi connectivity index (χ4v) is 4.34. The van der Waals surface area contributed by atoms with Crippen LogP contribution in [0.1, 0.15) is 49.3 Å². The zero-order valence-electron chi connectivity index (χ0n) is 15.3. The first kappa shape index (κ1) is 17.3. The first-order valence-electron chi connectivity index (χ1n) is 9.95. The second kappa shape index (κ2) is 8.05. The van der Waals surface area contributed by atoms with Gasteiger partial charge in [0, 0.05) is 19.1 Å². The molecule has 2 aliphatic rings. The minimum atomic E-state index is 0.131. The number of carbonyl (C=O) groups excluding carboxylic acids is 1. The summed E-state index contributed by atoms with van der Waals surface area (Å²) in [4.78, 5) is 15.0. The molecule has 1 amide bonds. The van der Waals surface area contributed by atoms with Crippen LogP contribution in [0.2, 0.25) is 0 Å². The van der Waals surface area contributed by atoms with Crippen LogP contribution in [-0.4, -0.2) is 29.9 Å². The van der Waals surface area contributed by atoms with E-state index in [1.165, 1.54) is 30.4 Å².